The van der Waals surface area contributed by atoms with Crippen molar-refractivity contribution in [3.05, 3.63) is 99.7 Å². The minimum absolute atomic E-state index is 0.00761. The Kier molecular flexibility index (Phi) is 6.34. The maximum Gasteiger partial charge on any atom is 0.433 e. The molecule has 0 spiro atoms. The van der Waals surface area contributed by atoms with E-state index < -0.39 is 23.6 Å². The van der Waals surface area contributed by atoms with Gasteiger partial charge in [0, 0.05) is 22.8 Å². The van der Waals surface area contributed by atoms with Gasteiger partial charge in [-0.05, 0) is 42.0 Å². The Balaban J connectivity index is 1.45. The van der Waals surface area contributed by atoms with E-state index in [4.69, 9.17) is 23.2 Å². The quantitative estimate of drug-likeness (QED) is 0.259. The van der Waals surface area contributed by atoms with Crippen molar-refractivity contribution in [2.24, 2.45) is 0 Å². The van der Waals surface area contributed by atoms with Gasteiger partial charge in [-0.2, -0.15) is 23.4 Å². The van der Waals surface area contributed by atoms with Crippen molar-refractivity contribution in [2.45, 2.75) is 12.7 Å². The summed E-state index contributed by atoms with van der Waals surface area (Å²) in [6.45, 7) is 0.272. The van der Waals surface area contributed by atoms with Gasteiger partial charge in [0.15, 0.2) is 22.9 Å². The Labute approximate surface area is 216 Å². The Morgan fingerprint density at radius 1 is 0.973 bits per heavy atom. The Morgan fingerprint density at radius 3 is 2.41 bits per heavy atom. The molecule has 1 N–H and O–H groups in total. The molecule has 5 rings (SSSR count). The molecule has 188 valence electrons. The SMILES string of the molecule is O=C(Nc1nn(Cc2ccccc2Cl)cc1Cl)c1cc2nc(-c3ccc(F)cc3)cc(C(F)(F)F)n2n1. The number of hydrogen-bond donors (Lipinski definition) is 1. The van der Waals surface area contributed by atoms with E-state index in [1.165, 1.54) is 23.0 Å². The molecule has 3 heterocycles. The highest BCUT2D eigenvalue weighted by molar-refractivity contribution is 6.33. The summed E-state index contributed by atoms with van der Waals surface area (Å²) in [6, 6.07) is 13.8. The number of fused-ring (bicyclic) bond motifs is 1. The zero-order chi connectivity index (χ0) is 26.3. The lowest BCUT2D eigenvalue weighted by molar-refractivity contribution is -0.142. The Hall–Kier alpha value is -3.96. The van der Waals surface area contributed by atoms with E-state index in [0.717, 1.165) is 29.8 Å². The number of aromatic nitrogens is 5. The van der Waals surface area contributed by atoms with Crippen LogP contribution in [0.15, 0.2) is 66.9 Å². The molecule has 2 aromatic carbocycles. The minimum atomic E-state index is -4.81. The van der Waals surface area contributed by atoms with Crippen LogP contribution >= 0.6 is 23.2 Å². The molecule has 5 aromatic rings. The van der Waals surface area contributed by atoms with Crippen molar-refractivity contribution < 1.29 is 22.4 Å². The maximum atomic E-state index is 13.8. The number of carbonyl (C=O) groups is 1. The van der Waals surface area contributed by atoms with Gasteiger partial charge < -0.3 is 5.32 Å². The number of nitrogens with one attached hydrogen (secondary N) is 1. The summed E-state index contributed by atoms with van der Waals surface area (Å²) in [7, 11) is 0. The van der Waals surface area contributed by atoms with E-state index in [0.29, 0.717) is 9.54 Å². The third-order valence-electron chi connectivity index (χ3n) is 5.33. The second-order valence-electron chi connectivity index (χ2n) is 7.90. The molecule has 0 saturated carbocycles. The summed E-state index contributed by atoms with van der Waals surface area (Å²) in [4.78, 5) is 17.0. The molecule has 7 nitrogen and oxygen atoms in total. The van der Waals surface area contributed by atoms with Crippen LogP contribution in [0.1, 0.15) is 21.7 Å². The van der Waals surface area contributed by atoms with Gasteiger partial charge in [-0.3, -0.25) is 9.48 Å². The molecule has 0 saturated heterocycles. The van der Waals surface area contributed by atoms with Gasteiger partial charge in [-0.25, -0.2) is 13.9 Å². The molecule has 0 aliphatic carbocycles. The zero-order valence-electron chi connectivity index (χ0n) is 18.5. The number of halogens is 6. The summed E-state index contributed by atoms with van der Waals surface area (Å²) in [5, 5.41) is 11.1. The van der Waals surface area contributed by atoms with E-state index in [2.05, 4.69) is 20.5 Å². The highest BCUT2D eigenvalue weighted by Crippen LogP contribution is 2.32. The largest absolute Gasteiger partial charge is 0.433 e. The number of nitrogens with zero attached hydrogens (tertiary/aromatic N) is 5. The van der Waals surface area contributed by atoms with Crippen LogP contribution in [0.4, 0.5) is 23.4 Å². The third kappa shape index (κ3) is 5.13. The summed E-state index contributed by atoms with van der Waals surface area (Å²) in [6.07, 6.45) is -3.33. The van der Waals surface area contributed by atoms with Crippen LogP contribution in [-0.4, -0.2) is 30.3 Å². The minimum Gasteiger partial charge on any atom is -0.302 e. The van der Waals surface area contributed by atoms with Gasteiger partial charge >= 0.3 is 6.18 Å². The lowest BCUT2D eigenvalue weighted by Crippen LogP contribution is -2.16. The summed E-state index contributed by atoms with van der Waals surface area (Å²) in [5.74, 6) is -1.39. The molecular weight excluding hydrogens is 535 g/mol. The average Bonchev–Trinajstić information content (AvgIpc) is 3.43. The van der Waals surface area contributed by atoms with Crippen molar-refractivity contribution in [3.63, 3.8) is 0 Å². The topological polar surface area (TPSA) is 77.1 Å². The first-order valence-corrected chi connectivity index (χ1v) is 11.4. The first-order valence-electron chi connectivity index (χ1n) is 10.6. The van der Waals surface area contributed by atoms with Crippen LogP contribution in [-0.2, 0) is 12.7 Å². The van der Waals surface area contributed by atoms with Crippen LogP contribution in [0.2, 0.25) is 10.0 Å². The number of rotatable bonds is 5. The number of alkyl halides is 3. The fraction of sp³-hybridized carbons (Fsp3) is 0.0833. The molecule has 0 fully saturated rings. The molecule has 1 amide bonds. The van der Waals surface area contributed by atoms with E-state index in [9.17, 15) is 22.4 Å². The van der Waals surface area contributed by atoms with Crippen molar-refractivity contribution in [2.75, 3.05) is 5.32 Å². The van der Waals surface area contributed by atoms with Gasteiger partial charge in [0.25, 0.3) is 5.91 Å². The molecule has 0 unspecified atom stereocenters. The monoisotopic (exact) mass is 548 g/mol. The van der Waals surface area contributed by atoms with Crippen LogP contribution in [0.25, 0.3) is 16.9 Å². The van der Waals surface area contributed by atoms with Crippen molar-refractivity contribution >= 4 is 40.6 Å². The van der Waals surface area contributed by atoms with Gasteiger partial charge in [-0.15, -0.1) is 0 Å². The second-order valence-corrected chi connectivity index (χ2v) is 8.71. The number of hydrogen-bond acceptors (Lipinski definition) is 4. The second kappa shape index (κ2) is 9.49. The highest BCUT2D eigenvalue weighted by atomic mass is 35.5. The van der Waals surface area contributed by atoms with Crippen LogP contribution in [0, 0.1) is 5.82 Å². The predicted octanol–water partition coefficient (Wildman–Crippen LogP) is 6.36. The number of benzene rings is 2. The molecule has 3 aromatic heterocycles. The van der Waals surface area contributed by atoms with Crippen molar-refractivity contribution in [3.8, 4) is 11.3 Å². The van der Waals surface area contributed by atoms with Crippen molar-refractivity contribution in [1.82, 2.24) is 24.4 Å². The van der Waals surface area contributed by atoms with Gasteiger partial charge in [-0.1, -0.05) is 41.4 Å². The molecular formula is C24H14Cl2F4N6O. The lowest BCUT2D eigenvalue weighted by Gasteiger charge is -2.11. The lowest BCUT2D eigenvalue weighted by atomic mass is 10.1. The van der Waals surface area contributed by atoms with Crippen LogP contribution in [0.5, 0.6) is 0 Å². The van der Waals surface area contributed by atoms with Gasteiger partial charge in [0.2, 0.25) is 0 Å². The summed E-state index contributed by atoms with van der Waals surface area (Å²) >= 11 is 12.4. The molecule has 0 aliphatic rings. The van der Waals surface area contributed by atoms with E-state index in [-0.39, 0.29) is 40.0 Å². The van der Waals surface area contributed by atoms with Gasteiger partial charge in [0.05, 0.1) is 12.2 Å². The molecule has 0 aliphatic heterocycles. The van der Waals surface area contributed by atoms with Crippen LogP contribution in [0.3, 0.4) is 0 Å². The average molecular weight is 549 g/mol. The predicted molar refractivity (Wildman–Crippen MR) is 129 cm³/mol. The Bertz CT molecular complexity index is 1630. The molecule has 0 atom stereocenters. The number of amides is 1. The van der Waals surface area contributed by atoms with Crippen LogP contribution < -0.4 is 5.32 Å². The molecule has 0 radical (unpaired) electrons. The van der Waals surface area contributed by atoms with Gasteiger partial charge in [0.1, 0.15) is 10.8 Å². The summed E-state index contributed by atoms with van der Waals surface area (Å²) < 4.78 is 56.7. The van der Waals surface area contributed by atoms with E-state index >= 15 is 0 Å². The third-order valence-corrected chi connectivity index (χ3v) is 5.97. The van der Waals surface area contributed by atoms with E-state index in [1.54, 1.807) is 18.2 Å². The fourth-order valence-corrected chi connectivity index (χ4v) is 3.98. The zero-order valence-corrected chi connectivity index (χ0v) is 20.0. The first kappa shape index (κ1) is 24.7. The number of carbonyl (C=O) groups excluding carboxylic acids is 1. The normalized spacial score (nSPS) is 11.7. The first-order chi connectivity index (χ1) is 17.6. The van der Waals surface area contributed by atoms with Crippen molar-refractivity contribution in [1.29, 1.82) is 0 Å². The summed E-state index contributed by atoms with van der Waals surface area (Å²) in [5.41, 5.74) is -0.756. The maximum absolute atomic E-state index is 13.8. The fourth-order valence-electron chi connectivity index (χ4n) is 3.59. The molecule has 37 heavy (non-hydrogen) atoms. The van der Waals surface area contributed by atoms with E-state index in [1.807, 2.05) is 6.07 Å². The standard InChI is InChI=1S/C24H14Cl2F4N6O/c25-16-4-2-1-3-14(16)11-35-12-17(26)22(34-35)32-23(37)19-10-21-31-18(13-5-7-15(27)8-6-13)9-20(24(28,29)30)36(21)33-19/h1-10,12H,11H2,(H,32,34,37). The molecule has 0 bridgehead atoms. The number of anilines is 1. The smallest absolute Gasteiger partial charge is 0.302 e. The Morgan fingerprint density at radius 2 is 1.70 bits per heavy atom. The highest BCUT2D eigenvalue weighted by Gasteiger charge is 2.35. The molecule has 13 heteroatoms.